The van der Waals surface area contributed by atoms with Gasteiger partial charge in [0.1, 0.15) is 0 Å². The second-order valence-corrected chi connectivity index (χ2v) is 4.93. The van der Waals surface area contributed by atoms with Gasteiger partial charge in [-0.2, -0.15) is 0 Å². The van der Waals surface area contributed by atoms with E-state index in [1.807, 2.05) is 12.1 Å². The number of piperazine rings is 1. The van der Waals surface area contributed by atoms with Gasteiger partial charge in [-0.25, -0.2) is 4.79 Å². The molecule has 0 aliphatic carbocycles. The molecular weight excluding hydrogens is 228 g/mol. The number of fused-ring (bicyclic) bond motifs is 3. The summed E-state index contributed by atoms with van der Waals surface area (Å²) < 4.78 is 4.77. The van der Waals surface area contributed by atoms with Crippen LogP contribution >= 0.6 is 0 Å². The summed E-state index contributed by atoms with van der Waals surface area (Å²) in [6, 6.07) is 6.53. The number of rotatable bonds is 1. The van der Waals surface area contributed by atoms with Gasteiger partial charge >= 0.3 is 5.97 Å². The number of carbonyl (C=O) groups excluding carboxylic acids is 1. The van der Waals surface area contributed by atoms with Crippen LogP contribution in [0.3, 0.4) is 0 Å². The average Bonchev–Trinajstić information content (AvgIpc) is 2.45. The van der Waals surface area contributed by atoms with Crippen LogP contribution in [0.4, 0.5) is 5.69 Å². The van der Waals surface area contributed by atoms with E-state index in [0.717, 1.165) is 32.5 Å². The van der Waals surface area contributed by atoms with Crippen LogP contribution in [0.25, 0.3) is 0 Å². The molecule has 4 nitrogen and oxygen atoms in total. The number of ether oxygens (including phenoxy) is 1. The lowest BCUT2D eigenvalue weighted by molar-refractivity contribution is 0.0600. The number of nitrogens with zero attached hydrogens (tertiary/aromatic N) is 1. The third-order valence-corrected chi connectivity index (χ3v) is 3.91. The van der Waals surface area contributed by atoms with E-state index in [1.54, 1.807) is 0 Å². The molecule has 1 aromatic carbocycles. The van der Waals surface area contributed by atoms with Crippen LogP contribution in [-0.2, 0) is 11.2 Å². The molecule has 0 spiro atoms. The first kappa shape index (κ1) is 11.5. The number of nitrogens with one attached hydrogen (secondary N) is 1. The van der Waals surface area contributed by atoms with Gasteiger partial charge < -0.3 is 15.0 Å². The van der Waals surface area contributed by atoms with Crippen molar-refractivity contribution in [3.05, 3.63) is 29.3 Å². The molecule has 0 bridgehead atoms. The second kappa shape index (κ2) is 4.61. The van der Waals surface area contributed by atoms with E-state index in [4.69, 9.17) is 4.74 Å². The van der Waals surface area contributed by atoms with E-state index >= 15 is 0 Å². The Balaban J connectivity index is 1.93. The van der Waals surface area contributed by atoms with E-state index in [2.05, 4.69) is 16.3 Å². The third-order valence-electron chi connectivity index (χ3n) is 3.91. The van der Waals surface area contributed by atoms with E-state index in [9.17, 15) is 4.79 Å². The fourth-order valence-corrected chi connectivity index (χ4v) is 2.97. The maximum atomic E-state index is 11.5. The van der Waals surface area contributed by atoms with Crippen molar-refractivity contribution in [3.63, 3.8) is 0 Å². The Morgan fingerprint density at radius 2 is 2.39 bits per heavy atom. The monoisotopic (exact) mass is 246 g/mol. The Bertz CT molecular complexity index is 473. The fraction of sp³-hybridized carbons (Fsp3) is 0.500. The molecule has 0 radical (unpaired) electrons. The Morgan fingerprint density at radius 3 is 3.22 bits per heavy atom. The first-order valence-electron chi connectivity index (χ1n) is 6.48. The van der Waals surface area contributed by atoms with Crippen molar-refractivity contribution in [2.24, 2.45) is 0 Å². The van der Waals surface area contributed by atoms with Crippen LogP contribution in [-0.4, -0.2) is 38.8 Å². The third kappa shape index (κ3) is 1.86. The Morgan fingerprint density at radius 1 is 1.50 bits per heavy atom. The number of carbonyl (C=O) groups is 1. The Kier molecular flexibility index (Phi) is 2.96. The van der Waals surface area contributed by atoms with Gasteiger partial charge in [-0.05, 0) is 36.6 Å². The first-order chi connectivity index (χ1) is 8.79. The molecule has 1 atom stereocenters. The summed E-state index contributed by atoms with van der Waals surface area (Å²) >= 11 is 0. The van der Waals surface area contributed by atoms with Crippen LogP contribution in [0.2, 0.25) is 0 Å². The normalized spacial score (nSPS) is 22.1. The number of anilines is 1. The van der Waals surface area contributed by atoms with Gasteiger partial charge in [-0.3, -0.25) is 0 Å². The number of methoxy groups -OCH3 is 1. The molecule has 18 heavy (non-hydrogen) atoms. The van der Waals surface area contributed by atoms with Gasteiger partial charge in [-0.1, -0.05) is 0 Å². The second-order valence-electron chi connectivity index (χ2n) is 4.93. The minimum atomic E-state index is -0.250. The van der Waals surface area contributed by atoms with Gasteiger partial charge in [-0.15, -0.1) is 0 Å². The van der Waals surface area contributed by atoms with Crippen molar-refractivity contribution < 1.29 is 9.53 Å². The van der Waals surface area contributed by atoms with E-state index in [-0.39, 0.29) is 5.97 Å². The minimum Gasteiger partial charge on any atom is -0.465 e. The van der Waals surface area contributed by atoms with Crippen LogP contribution in [0.15, 0.2) is 18.2 Å². The quantitative estimate of drug-likeness (QED) is 0.756. The lowest BCUT2D eigenvalue weighted by atomic mass is 9.93. The predicted molar refractivity (Wildman–Crippen MR) is 70.1 cm³/mol. The molecule has 1 fully saturated rings. The molecule has 96 valence electrons. The molecule has 2 heterocycles. The Hall–Kier alpha value is -1.55. The van der Waals surface area contributed by atoms with E-state index < -0.39 is 0 Å². The van der Waals surface area contributed by atoms with Gasteiger partial charge in [0.2, 0.25) is 0 Å². The summed E-state index contributed by atoms with van der Waals surface area (Å²) in [5.74, 6) is -0.250. The summed E-state index contributed by atoms with van der Waals surface area (Å²) in [4.78, 5) is 14.0. The lowest BCUT2D eigenvalue weighted by Crippen LogP contribution is -2.53. The molecule has 1 aromatic rings. The van der Waals surface area contributed by atoms with Crippen molar-refractivity contribution in [2.45, 2.75) is 18.9 Å². The summed E-state index contributed by atoms with van der Waals surface area (Å²) in [5, 5.41) is 3.44. The zero-order chi connectivity index (χ0) is 12.5. The highest BCUT2D eigenvalue weighted by Gasteiger charge is 2.28. The first-order valence-corrected chi connectivity index (χ1v) is 6.48. The van der Waals surface area contributed by atoms with Crippen LogP contribution < -0.4 is 10.2 Å². The van der Waals surface area contributed by atoms with E-state index in [0.29, 0.717) is 11.6 Å². The fourth-order valence-electron chi connectivity index (χ4n) is 2.97. The molecule has 1 unspecified atom stereocenters. The number of hydrogen-bond acceptors (Lipinski definition) is 4. The van der Waals surface area contributed by atoms with Gasteiger partial charge in [0.25, 0.3) is 0 Å². The maximum absolute atomic E-state index is 11.5. The number of benzene rings is 1. The molecule has 3 rings (SSSR count). The zero-order valence-electron chi connectivity index (χ0n) is 10.6. The highest BCUT2D eigenvalue weighted by Crippen LogP contribution is 2.32. The molecule has 1 N–H and O–H groups in total. The summed E-state index contributed by atoms with van der Waals surface area (Å²) in [6.45, 7) is 3.15. The average molecular weight is 246 g/mol. The van der Waals surface area contributed by atoms with Crippen molar-refractivity contribution in [1.29, 1.82) is 0 Å². The molecular formula is C14H18N2O2. The molecule has 4 heteroatoms. The van der Waals surface area contributed by atoms with Crippen LogP contribution in [0.1, 0.15) is 22.3 Å². The molecule has 1 saturated heterocycles. The SMILES string of the molecule is COC(=O)c1ccc2c(c1)CCC1CNCCN21. The van der Waals surface area contributed by atoms with Crippen molar-refractivity contribution >= 4 is 11.7 Å². The maximum Gasteiger partial charge on any atom is 0.337 e. The predicted octanol–water partition coefficient (Wildman–Crippen LogP) is 1.20. The zero-order valence-corrected chi connectivity index (χ0v) is 10.6. The molecule has 2 aliphatic rings. The van der Waals surface area contributed by atoms with Gasteiger partial charge in [0.05, 0.1) is 12.7 Å². The topological polar surface area (TPSA) is 41.6 Å². The van der Waals surface area contributed by atoms with E-state index in [1.165, 1.54) is 18.4 Å². The van der Waals surface area contributed by atoms with Crippen molar-refractivity contribution in [2.75, 3.05) is 31.6 Å². The van der Waals surface area contributed by atoms with Gasteiger partial charge in [0, 0.05) is 31.4 Å². The highest BCUT2D eigenvalue weighted by atomic mass is 16.5. The van der Waals surface area contributed by atoms with Gasteiger partial charge in [0.15, 0.2) is 0 Å². The van der Waals surface area contributed by atoms with Crippen molar-refractivity contribution in [1.82, 2.24) is 5.32 Å². The highest BCUT2D eigenvalue weighted by molar-refractivity contribution is 5.90. The summed E-state index contributed by atoms with van der Waals surface area (Å²) in [5.41, 5.74) is 3.22. The molecule has 2 aliphatic heterocycles. The molecule has 0 amide bonds. The summed E-state index contributed by atoms with van der Waals surface area (Å²) in [6.07, 6.45) is 2.20. The summed E-state index contributed by atoms with van der Waals surface area (Å²) in [7, 11) is 1.42. The largest absolute Gasteiger partial charge is 0.465 e. The van der Waals surface area contributed by atoms with Crippen LogP contribution in [0.5, 0.6) is 0 Å². The van der Waals surface area contributed by atoms with Crippen LogP contribution in [0, 0.1) is 0 Å². The number of hydrogen-bond donors (Lipinski definition) is 1. The number of esters is 1. The lowest BCUT2D eigenvalue weighted by Gasteiger charge is -2.42. The standard InChI is InChI=1S/C14H18N2O2/c1-18-14(17)11-3-5-13-10(8-11)2-4-12-9-15-6-7-16(12)13/h3,5,8,12,15H,2,4,6-7,9H2,1H3. The molecule has 0 aromatic heterocycles. The Labute approximate surface area is 107 Å². The smallest absolute Gasteiger partial charge is 0.337 e. The minimum absolute atomic E-state index is 0.250. The number of aryl methyl sites for hydroxylation is 1. The molecule has 0 saturated carbocycles. The van der Waals surface area contributed by atoms with Crippen molar-refractivity contribution in [3.8, 4) is 0 Å².